The van der Waals surface area contributed by atoms with Gasteiger partial charge in [-0.05, 0) is 43.6 Å². The molecule has 0 unspecified atom stereocenters. The molecule has 2 heterocycles. The fourth-order valence-corrected chi connectivity index (χ4v) is 3.90. The summed E-state index contributed by atoms with van der Waals surface area (Å²) < 4.78 is 11.7. The van der Waals surface area contributed by atoms with E-state index in [0.717, 1.165) is 44.9 Å². The van der Waals surface area contributed by atoms with E-state index in [-0.39, 0.29) is 24.0 Å². The van der Waals surface area contributed by atoms with Crippen LogP contribution in [0.1, 0.15) is 31.2 Å². The van der Waals surface area contributed by atoms with Gasteiger partial charge in [-0.3, -0.25) is 4.79 Å². The fraction of sp³-hybridized carbons (Fsp3) is 0.650. The van der Waals surface area contributed by atoms with Crippen LogP contribution in [0.15, 0.2) is 30.3 Å². The SMILES string of the molecule is O=C([C@H]1CCOC1)N1CC[C@H](OCC2CC2)[C@@H]1Cc1ccccc1. The van der Waals surface area contributed by atoms with Gasteiger partial charge in [0.05, 0.1) is 24.7 Å². The molecule has 0 spiro atoms. The largest absolute Gasteiger partial charge is 0.381 e. The van der Waals surface area contributed by atoms with E-state index in [9.17, 15) is 4.79 Å². The van der Waals surface area contributed by atoms with Crippen LogP contribution in [0.2, 0.25) is 0 Å². The van der Waals surface area contributed by atoms with Crippen molar-refractivity contribution < 1.29 is 14.3 Å². The molecule has 4 heteroatoms. The summed E-state index contributed by atoms with van der Waals surface area (Å²) in [6.45, 7) is 2.99. The minimum absolute atomic E-state index is 0.0467. The molecule has 2 saturated heterocycles. The average molecular weight is 329 g/mol. The lowest BCUT2D eigenvalue weighted by Gasteiger charge is -2.30. The Balaban J connectivity index is 1.47. The third-order valence-electron chi connectivity index (χ3n) is 5.58. The van der Waals surface area contributed by atoms with Crippen molar-refractivity contribution in [3.05, 3.63) is 35.9 Å². The highest BCUT2D eigenvalue weighted by Crippen LogP contribution is 2.32. The number of amides is 1. The number of hydrogen-bond acceptors (Lipinski definition) is 3. The predicted molar refractivity (Wildman–Crippen MR) is 91.7 cm³/mol. The Bertz CT molecular complexity index is 551. The van der Waals surface area contributed by atoms with E-state index in [4.69, 9.17) is 9.47 Å². The number of nitrogens with zero attached hydrogens (tertiary/aromatic N) is 1. The van der Waals surface area contributed by atoms with Gasteiger partial charge in [-0.1, -0.05) is 30.3 Å². The van der Waals surface area contributed by atoms with Gasteiger partial charge in [-0.15, -0.1) is 0 Å². The topological polar surface area (TPSA) is 38.8 Å². The zero-order valence-electron chi connectivity index (χ0n) is 14.2. The first kappa shape index (κ1) is 16.1. The van der Waals surface area contributed by atoms with Gasteiger partial charge in [0.15, 0.2) is 0 Å². The Labute approximate surface area is 144 Å². The van der Waals surface area contributed by atoms with Crippen molar-refractivity contribution in [2.75, 3.05) is 26.4 Å². The molecule has 3 aliphatic rings. The second-order valence-electron chi connectivity index (χ2n) is 7.45. The highest BCUT2D eigenvalue weighted by atomic mass is 16.5. The Morgan fingerprint density at radius 3 is 2.71 bits per heavy atom. The van der Waals surface area contributed by atoms with Crippen LogP contribution in [0.5, 0.6) is 0 Å². The second kappa shape index (κ2) is 7.24. The standard InChI is InChI=1S/C20H27NO3/c22-20(17-9-11-23-14-17)21-10-8-19(24-13-16-6-7-16)18(21)12-15-4-2-1-3-5-15/h1-5,16-19H,6-14H2/t17-,18-,19-/m0/s1. The van der Waals surface area contributed by atoms with E-state index in [1.165, 1.54) is 18.4 Å². The third kappa shape index (κ3) is 3.65. The molecule has 4 rings (SSSR count). The van der Waals surface area contributed by atoms with Crippen molar-refractivity contribution in [3.8, 4) is 0 Å². The van der Waals surface area contributed by atoms with Crippen LogP contribution in [0.4, 0.5) is 0 Å². The van der Waals surface area contributed by atoms with Gasteiger partial charge in [0.25, 0.3) is 0 Å². The van der Waals surface area contributed by atoms with Crippen molar-refractivity contribution >= 4 is 5.91 Å². The van der Waals surface area contributed by atoms with E-state index in [1.807, 2.05) is 6.07 Å². The number of rotatable bonds is 6. The van der Waals surface area contributed by atoms with E-state index in [0.29, 0.717) is 6.61 Å². The smallest absolute Gasteiger partial charge is 0.228 e. The monoisotopic (exact) mass is 329 g/mol. The van der Waals surface area contributed by atoms with Crippen molar-refractivity contribution in [3.63, 3.8) is 0 Å². The van der Waals surface area contributed by atoms with E-state index in [2.05, 4.69) is 29.2 Å². The molecule has 1 aromatic rings. The first-order valence-electron chi connectivity index (χ1n) is 9.35. The van der Waals surface area contributed by atoms with Gasteiger partial charge in [-0.25, -0.2) is 0 Å². The summed E-state index contributed by atoms with van der Waals surface area (Å²) in [5.41, 5.74) is 1.28. The molecular formula is C20H27NO3. The molecule has 3 fully saturated rings. The molecule has 24 heavy (non-hydrogen) atoms. The number of hydrogen-bond donors (Lipinski definition) is 0. The summed E-state index contributed by atoms with van der Waals surface area (Å²) in [6, 6.07) is 10.6. The molecule has 1 saturated carbocycles. The maximum Gasteiger partial charge on any atom is 0.228 e. The fourth-order valence-electron chi connectivity index (χ4n) is 3.90. The minimum Gasteiger partial charge on any atom is -0.381 e. The Morgan fingerprint density at radius 1 is 1.17 bits per heavy atom. The molecule has 130 valence electrons. The van der Waals surface area contributed by atoms with Crippen LogP contribution in [-0.2, 0) is 20.7 Å². The zero-order chi connectivity index (χ0) is 16.4. The number of carbonyl (C=O) groups excluding carboxylic acids is 1. The Kier molecular flexibility index (Phi) is 4.86. The first-order valence-corrected chi connectivity index (χ1v) is 9.35. The van der Waals surface area contributed by atoms with Crippen molar-refractivity contribution in [2.24, 2.45) is 11.8 Å². The van der Waals surface area contributed by atoms with Gasteiger partial charge in [0.1, 0.15) is 0 Å². The molecule has 0 radical (unpaired) electrons. The summed E-state index contributed by atoms with van der Waals surface area (Å²) in [4.78, 5) is 15.0. The highest BCUT2D eigenvalue weighted by molar-refractivity contribution is 5.80. The van der Waals surface area contributed by atoms with Gasteiger partial charge in [-0.2, -0.15) is 0 Å². The molecule has 1 aliphatic carbocycles. The first-order chi connectivity index (χ1) is 11.8. The Hall–Kier alpha value is -1.39. The highest BCUT2D eigenvalue weighted by Gasteiger charge is 2.41. The van der Waals surface area contributed by atoms with Gasteiger partial charge < -0.3 is 14.4 Å². The molecule has 1 aromatic carbocycles. The van der Waals surface area contributed by atoms with Gasteiger partial charge >= 0.3 is 0 Å². The second-order valence-corrected chi connectivity index (χ2v) is 7.45. The molecule has 0 aromatic heterocycles. The summed E-state index contributed by atoms with van der Waals surface area (Å²) in [5.74, 6) is 1.08. The molecule has 1 amide bonds. The molecule has 0 N–H and O–H groups in total. The molecule has 3 atom stereocenters. The lowest BCUT2D eigenvalue weighted by atomic mass is 10.00. The van der Waals surface area contributed by atoms with Gasteiger partial charge in [0, 0.05) is 19.8 Å². The third-order valence-corrected chi connectivity index (χ3v) is 5.58. The Morgan fingerprint density at radius 2 is 2.00 bits per heavy atom. The van der Waals surface area contributed by atoms with Crippen molar-refractivity contribution in [1.29, 1.82) is 0 Å². The lowest BCUT2D eigenvalue weighted by Crippen LogP contribution is -2.44. The number of likely N-dealkylation sites (tertiary alicyclic amines) is 1. The van der Waals surface area contributed by atoms with Crippen molar-refractivity contribution in [2.45, 2.75) is 44.2 Å². The van der Waals surface area contributed by atoms with Crippen LogP contribution in [-0.4, -0.2) is 49.3 Å². The quantitative estimate of drug-likeness (QED) is 0.805. The normalized spacial score (nSPS) is 30.0. The van der Waals surface area contributed by atoms with E-state index in [1.54, 1.807) is 0 Å². The minimum atomic E-state index is 0.0467. The van der Waals surface area contributed by atoms with Crippen LogP contribution in [0.3, 0.4) is 0 Å². The number of benzene rings is 1. The van der Waals surface area contributed by atoms with Gasteiger partial charge in [0.2, 0.25) is 5.91 Å². The number of carbonyl (C=O) groups is 1. The van der Waals surface area contributed by atoms with Crippen LogP contribution in [0.25, 0.3) is 0 Å². The average Bonchev–Trinajstić information content (AvgIpc) is 3.12. The zero-order valence-corrected chi connectivity index (χ0v) is 14.2. The van der Waals surface area contributed by atoms with Crippen LogP contribution in [0, 0.1) is 11.8 Å². The van der Waals surface area contributed by atoms with E-state index >= 15 is 0 Å². The summed E-state index contributed by atoms with van der Waals surface area (Å²) in [5, 5.41) is 0. The molecule has 2 aliphatic heterocycles. The predicted octanol–water partition coefficient (Wildman–Crippen LogP) is 2.66. The molecule has 0 bridgehead atoms. The summed E-state index contributed by atoms with van der Waals surface area (Å²) in [7, 11) is 0. The number of ether oxygens (including phenoxy) is 2. The maximum atomic E-state index is 12.9. The molecular weight excluding hydrogens is 302 g/mol. The maximum absolute atomic E-state index is 12.9. The van der Waals surface area contributed by atoms with E-state index < -0.39 is 0 Å². The summed E-state index contributed by atoms with van der Waals surface area (Å²) in [6.07, 6.45) is 5.49. The van der Waals surface area contributed by atoms with Crippen LogP contribution >= 0.6 is 0 Å². The summed E-state index contributed by atoms with van der Waals surface area (Å²) >= 11 is 0. The van der Waals surface area contributed by atoms with Crippen LogP contribution < -0.4 is 0 Å². The lowest BCUT2D eigenvalue weighted by molar-refractivity contribution is -0.137. The molecule has 4 nitrogen and oxygen atoms in total. The van der Waals surface area contributed by atoms with Crippen molar-refractivity contribution in [1.82, 2.24) is 4.90 Å².